The largest absolute Gasteiger partial charge is 0.335 e. The highest BCUT2D eigenvalue weighted by molar-refractivity contribution is 7.99. The molecule has 4 rings (SSSR count). The highest BCUT2D eigenvalue weighted by Gasteiger charge is 2.39. The van der Waals surface area contributed by atoms with E-state index in [1.54, 1.807) is 0 Å². The van der Waals surface area contributed by atoms with E-state index < -0.39 is 9.84 Å². The summed E-state index contributed by atoms with van der Waals surface area (Å²) in [5.74, 6) is 2.19. The Balaban J connectivity index is 1.44. The van der Waals surface area contributed by atoms with Crippen LogP contribution in [0.5, 0.6) is 0 Å². The molecule has 1 unspecified atom stereocenters. The van der Waals surface area contributed by atoms with Gasteiger partial charge in [-0.25, -0.2) is 8.42 Å². The van der Waals surface area contributed by atoms with Gasteiger partial charge in [0.25, 0.3) is 0 Å². The SMILES string of the molecule is Cn1c(SCC(=O)N(C2CCCC2)C2CCS(=O)(=O)C2)nnc1C1CC1. The van der Waals surface area contributed by atoms with Crippen LogP contribution in [0.3, 0.4) is 0 Å². The lowest BCUT2D eigenvalue weighted by Gasteiger charge is -2.34. The van der Waals surface area contributed by atoms with E-state index in [0.29, 0.717) is 18.1 Å². The lowest BCUT2D eigenvalue weighted by atomic mass is 10.1. The maximum absolute atomic E-state index is 13.0. The van der Waals surface area contributed by atoms with Crippen LogP contribution in [0.4, 0.5) is 0 Å². The second kappa shape index (κ2) is 7.14. The predicted octanol–water partition coefficient (Wildman–Crippen LogP) is 1.74. The molecule has 2 aliphatic carbocycles. The second-order valence-electron chi connectivity index (χ2n) is 7.76. The average molecular weight is 399 g/mol. The van der Waals surface area contributed by atoms with E-state index in [0.717, 1.165) is 36.7 Å². The molecule has 0 spiro atoms. The van der Waals surface area contributed by atoms with E-state index in [2.05, 4.69) is 10.2 Å². The topological polar surface area (TPSA) is 85.2 Å². The molecular weight excluding hydrogens is 372 g/mol. The van der Waals surface area contributed by atoms with E-state index in [4.69, 9.17) is 0 Å². The molecule has 0 bridgehead atoms. The van der Waals surface area contributed by atoms with Gasteiger partial charge in [-0.1, -0.05) is 24.6 Å². The summed E-state index contributed by atoms with van der Waals surface area (Å²) in [7, 11) is -1.05. The Morgan fingerprint density at radius 3 is 2.50 bits per heavy atom. The van der Waals surface area contributed by atoms with Crippen LogP contribution in [-0.2, 0) is 21.7 Å². The van der Waals surface area contributed by atoms with Crippen LogP contribution in [0.25, 0.3) is 0 Å². The minimum Gasteiger partial charge on any atom is -0.335 e. The minimum absolute atomic E-state index is 0.0416. The first-order chi connectivity index (χ1) is 12.4. The first-order valence-corrected chi connectivity index (χ1v) is 12.3. The van der Waals surface area contributed by atoms with Gasteiger partial charge in [0.1, 0.15) is 5.82 Å². The third-order valence-corrected chi connectivity index (χ3v) is 8.50. The number of carbonyl (C=O) groups excluding carboxylic acids is 1. The van der Waals surface area contributed by atoms with Crippen LogP contribution in [0.15, 0.2) is 5.16 Å². The van der Waals surface area contributed by atoms with Crippen molar-refractivity contribution in [2.24, 2.45) is 7.05 Å². The molecule has 3 fully saturated rings. The van der Waals surface area contributed by atoms with Crippen molar-refractivity contribution in [3.05, 3.63) is 5.82 Å². The van der Waals surface area contributed by atoms with Crippen LogP contribution >= 0.6 is 11.8 Å². The normalized spacial score (nSPS) is 25.7. The first-order valence-electron chi connectivity index (χ1n) is 9.48. The summed E-state index contributed by atoms with van der Waals surface area (Å²) in [5, 5.41) is 9.27. The maximum atomic E-state index is 13.0. The van der Waals surface area contributed by atoms with E-state index >= 15 is 0 Å². The zero-order valence-corrected chi connectivity index (χ0v) is 16.8. The van der Waals surface area contributed by atoms with Gasteiger partial charge in [0.05, 0.1) is 17.3 Å². The van der Waals surface area contributed by atoms with E-state index in [-0.39, 0.29) is 29.5 Å². The third-order valence-electron chi connectivity index (χ3n) is 5.74. The molecule has 0 N–H and O–H groups in total. The van der Waals surface area contributed by atoms with Gasteiger partial charge >= 0.3 is 0 Å². The van der Waals surface area contributed by atoms with Crippen LogP contribution < -0.4 is 0 Å². The minimum atomic E-state index is -3.00. The highest BCUT2D eigenvalue weighted by Crippen LogP contribution is 2.39. The number of thioether (sulfide) groups is 1. The van der Waals surface area contributed by atoms with E-state index in [1.165, 1.54) is 24.6 Å². The average Bonchev–Trinajstić information content (AvgIpc) is 2.99. The molecule has 1 amide bonds. The molecule has 2 heterocycles. The fraction of sp³-hybridized carbons (Fsp3) is 0.824. The summed E-state index contributed by atoms with van der Waals surface area (Å²) in [5.41, 5.74) is 0. The van der Waals surface area contributed by atoms with Gasteiger partial charge in [0.2, 0.25) is 5.91 Å². The van der Waals surface area contributed by atoms with Crippen molar-refractivity contribution in [1.29, 1.82) is 0 Å². The molecule has 26 heavy (non-hydrogen) atoms. The van der Waals surface area contributed by atoms with E-state index in [9.17, 15) is 13.2 Å². The number of hydrogen-bond donors (Lipinski definition) is 0. The van der Waals surface area contributed by atoms with Gasteiger partial charge in [-0.2, -0.15) is 0 Å². The molecule has 3 aliphatic rings. The van der Waals surface area contributed by atoms with Gasteiger partial charge in [0, 0.05) is 25.0 Å². The van der Waals surface area contributed by atoms with Gasteiger partial charge in [-0.05, 0) is 32.1 Å². The fourth-order valence-electron chi connectivity index (χ4n) is 4.23. The second-order valence-corrected chi connectivity index (χ2v) is 10.9. The number of aromatic nitrogens is 3. The van der Waals surface area contributed by atoms with Gasteiger partial charge < -0.3 is 9.47 Å². The summed E-state index contributed by atoms with van der Waals surface area (Å²) in [6.07, 6.45) is 7.13. The van der Waals surface area contributed by atoms with Crippen molar-refractivity contribution in [2.75, 3.05) is 17.3 Å². The van der Waals surface area contributed by atoms with Crippen molar-refractivity contribution in [3.63, 3.8) is 0 Å². The van der Waals surface area contributed by atoms with Crippen molar-refractivity contribution < 1.29 is 13.2 Å². The number of amides is 1. The number of rotatable bonds is 6. The highest BCUT2D eigenvalue weighted by atomic mass is 32.2. The molecule has 7 nitrogen and oxygen atoms in total. The maximum Gasteiger partial charge on any atom is 0.233 e. The Hall–Kier alpha value is -1.09. The van der Waals surface area contributed by atoms with Gasteiger partial charge in [-0.15, -0.1) is 10.2 Å². The van der Waals surface area contributed by atoms with Crippen molar-refractivity contribution in [3.8, 4) is 0 Å². The molecule has 1 aromatic heterocycles. The predicted molar refractivity (Wildman–Crippen MR) is 99.9 cm³/mol. The Morgan fingerprint density at radius 1 is 1.15 bits per heavy atom. The van der Waals surface area contributed by atoms with Gasteiger partial charge in [0.15, 0.2) is 15.0 Å². The Morgan fingerprint density at radius 2 is 1.88 bits per heavy atom. The molecule has 1 atom stereocenters. The summed E-state index contributed by atoms with van der Waals surface area (Å²) in [6.45, 7) is 0. The van der Waals surface area contributed by atoms with Crippen LogP contribution in [0.1, 0.15) is 56.7 Å². The molecule has 0 radical (unpaired) electrons. The number of hydrogen-bond acceptors (Lipinski definition) is 6. The molecule has 144 valence electrons. The third kappa shape index (κ3) is 3.78. The standard InChI is InChI=1S/C17H26N4O3S2/c1-20-16(12-6-7-12)18-19-17(20)25-10-15(22)21(13-4-2-3-5-13)14-8-9-26(23,24)11-14/h12-14H,2-11H2,1H3. The summed E-state index contributed by atoms with van der Waals surface area (Å²) in [4.78, 5) is 14.9. The number of nitrogens with zero attached hydrogens (tertiary/aromatic N) is 4. The van der Waals surface area contributed by atoms with E-state index in [1.807, 2.05) is 16.5 Å². The molecule has 2 saturated carbocycles. The van der Waals surface area contributed by atoms with Crippen molar-refractivity contribution in [2.45, 2.75) is 68.1 Å². The molecule has 9 heteroatoms. The van der Waals surface area contributed by atoms with Crippen molar-refractivity contribution >= 4 is 27.5 Å². The van der Waals surface area contributed by atoms with Crippen molar-refractivity contribution in [1.82, 2.24) is 19.7 Å². The lowest BCUT2D eigenvalue weighted by Crippen LogP contribution is -2.47. The summed E-state index contributed by atoms with van der Waals surface area (Å²) in [6, 6.07) is 0.0423. The number of sulfone groups is 1. The molecular formula is C17H26N4O3S2. The van der Waals surface area contributed by atoms with Crippen LogP contribution in [0.2, 0.25) is 0 Å². The summed E-state index contributed by atoms with van der Waals surface area (Å²) < 4.78 is 25.8. The monoisotopic (exact) mass is 398 g/mol. The number of carbonyl (C=O) groups is 1. The van der Waals surface area contributed by atoms with Gasteiger partial charge in [-0.3, -0.25) is 4.79 Å². The fourth-order valence-corrected chi connectivity index (χ4v) is 6.73. The smallest absolute Gasteiger partial charge is 0.233 e. The van der Waals surface area contributed by atoms with Crippen LogP contribution in [0, 0.1) is 0 Å². The molecule has 0 aromatic carbocycles. The van der Waals surface area contributed by atoms with Crippen LogP contribution in [-0.4, -0.2) is 63.3 Å². The Labute approximate surface area is 158 Å². The quantitative estimate of drug-likeness (QED) is 0.679. The molecule has 1 aromatic rings. The zero-order chi connectivity index (χ0) is 18.3. The lowest BCUT2D eigenvalue weighted by molar-refractivity contribution is -0.132. The Kier molecular flexibility index (Phi) is 5.02. The zero-order valence-electron chi connectivity index (χ0n) is 15.1. The first kappa shape index (κ1) is 18.3. The summed E-state index contributed by atoms with van der Waals surface area (Å²) >= 11 is 1.42. The Bertz CT molecular complexity index is 782. The molecule has 1 aliphatic heterocycles. The molecule has 1 saturated heterocycles.